The quantitative estimate of drug-likeness (QED) is 0.543. The van der Waals surface area contributed by atoms with Gasteiger partial charge >= 0.3 is 5.97 Å². The number of likely N-dealkylation sites (tertiary alicyclic amines) is 1. The van der Waals surface area contributed by atoms with Crippen LogP contribution in [0.5, 0.6) is 11.5 Å². The molecule has 5 atom stereocenters. The van der Waals surface area contributed by atoms with Gasteiger partial charge < -0.3 is 29.1 Å². The fraction of sp³-hybridized carbons (Fsp3) is 0.433. The number of phenolic OH excluding ortho intramolecular Hbond substituents is 1. The van der Waals surface area contributed by atoms with Gasteiger partial charge in [-0.15, -0.1) is 0 Å². The number of hydrogen-bond acceptors (Lipinski definition) is 9. The summed E-state index contributed by atoms with van der Waals surface area (Å²) in [6.07, 6.45) is 2.51. The minimum Gasteiger partial charge on any atom is -0.504 e. The Balaban J connectivity index is 1.55. The number of halogens is 1. The number of hydrogen-bond donors (Lipinski definition) is 1. The molecule has 0 spiro atoms. The molecule has 0 radical (unpaired) electrons. The van der Waals surface area contributed by atoms with Crippen LogP contribution in [0.15, 0.2) is 47.3 Å². The van der Waals surface area contributed by atoms with E-state index in [2.05, 4.69) is 17.1 Å². The summed E-state index contributed by atoms with van der Waals surface area (Å²) in [5.74, 6) is -0.937. The summed E-state index contributed by atoms with van der Waals surface area (Å²) < 4.78 is 16.3. The number of piperidine rings is 1. The van der Waals surface area contributed by atoms with E-state index in [9.17, 15) is 14.7 Å². The lowest BCUT2D eigenvalue weighted by molar-refractivity contribution is -0.146. The fourth-order valence-electron chi connectivity index (χ4n) is 7.24. The third-order valence-electron chi connectivity index (χ3n) is 9.11. The second-order valence-electron chi connectivity index (χ2n) is 10.9. The molecule has 40 heavy (non-hydrogen) atoms. The molecule has 2 aromatic rings. The van der Waals surface area contributed by atoms with E-state index in [1.807, 2.05) is 12.1 Å². The summed E-state index contributed by atoms with van der Waals surface area (Å²) >= 11 is 6.25. The first-order valence-electron chi connectivity index (χ1n) is 13.2. The van der Waals surface area contributed by atoms with Crippen LogP contribution in [0.2, 0.25) is 5.02 Å². The lowest BCUT2D eigenvalue weighted by atomic mass is 9.53. The Morgan fingerprint density at radius 3 is 2.73 bits per heavy atom. The Labute approximate surface area is 237 Å². The summed E-state index contributed by atoms with van der Waals surface area (Å²) in [4.78, 5) is 34.8. The molecular formula is C30H31ClN2O7. The summed E-state index contributed by atoms with van der Waals surface area (Å²) in [5, 5.41) is 16.5. The number of carbonyl (C=O) groups is 2. The molecule has 4 aliphatic rings. The van der Waals surface area contributed by atoms with E-state index < -0.39 is 23.4 Å². The lowest BCUT2D eigenvalue weighted by Gasteiger charge is -2.57. The SMILES string of the molecule is COC(=O)[C@@H]1C(c2cccc(Cl)c2)=NO[C@H]1c1cc(OC)c(O)c2c1C[C@@H]1[C@@H]3C=C(OC)C(=O)C[C@]23CCN1C. The number of nitrogens with zero attached hydrogens (tertiary/aromatic N) is 2. The number of methoxy groups -OCH3 is 3. The van der Waals surface area contributed by atoms with Crippen LogP contribution in [0.3, 0.4) is 0 Å². The first-order chi connectivity index (χ1) is 19.2. The number of phenols is 1. The van der Waals surface area contributed by atoms with Crippen molar-refractivity contribution in [2.45, 2.75) is 36.8 Å². The molecule has 2 aliphatic carbocycles. The van der Waals surface area contributed by atoms with E-state index in [1.165, 1.54) is 21.3 Å². The number of oxime groups is 1. The van der Waals surface area contributed by atoms with E-state index in [0.717, 1.165) is 12.1 Å². The predicted molar refractivity (Wildman–Crippen MR) is 147 cm³/mol. The van der Waals surface area contributed by atoms with Gasteiger partial charge in [0.1, 0.15) is 11.6 Å². The maximum atomic E-state index is 13.3. The maximum absolute atomic E-state index is 13.3. The molecule has 1 saturated heterocycles. The van der Waals surface area contributed by atoms with Gasteiger partial charge in [-0.3, -0.25) is 9.59 Å². The highest BCUT2D eigenvalue weighted by Gasteiger charge is 2.58. The van der Waals surface area contributed by atoms with Crippen LogP contribution in [0, 0.1) is 11.8 Å². The molecule has 0 unspecified atom stereocenters. The van der Waals surface area contributed by atoms with Gasteiger partial charge in [0.25, 0.3) is 0 Å². The maximum Gasteiger partial charge on any atom is 0.319 e. The third-order valence-corrected chi connectivity index (χ3v) is 9.35. The van der Waals surface area contributed by atoms with Gasteiger partial charge in [0.05, 0.1) is 21.3 Å². The molecule has 2 aliphatic heterocycles. The fourth-order valence-corrected chi connectivity index (χ4v) is 7.43. The van der Waals surface area contributed by atoms with Crippen molar-refractivity contribution in [1.29, 1.82) is 0 Å². The summed E-state index contributed by atoms with van der Waals surface area (Å²) in [5.41, 5.74) is 2.59. The number of fused-ring (bicyclic) bond motifs is 1. The van der Waals surface area contributed by atoms with Gasteiger partial charge in [-0.25, -0.2) is 0 Å². The Morgan fingerprint density at radius 1 is 1.23 bits per heavy atom. The van der Waals surface area contributed by atoms with Gasteiger partial charge in [0, 0.05) is 45.5 Å². The van der Waals surface area contributed by atoms with Crippen molar-refractivity contribution >= 4 is 29.1 Å². The molecule has 210 valence electrons. The number of aromatic hydroxyl groups is 1. The van der Waals surface area contributed by atoms with E-state index in [4.69, 9.17) is 30.6 Å². The topological polar surface area (TPSA) is 107 Å². The van der Waals surface area contributed by atoms with Gasteiger partial charge in [-0.05, 0) is 56.3 Å². The highest BCUT2D eigenvalue weighted by molar-refractivity contribution is 6.31. The number of Topliss-reactive ketones (excluding diaryl/α,β-unsaturated/α-hetero) is 1. The number of carbonyl (C=O) groups excluding carboxylic acids is 2. The van der Waals surface area contributed by atoms with Crippen LogP contribution in [0.25, 0.3) is 0 Å². The van der Waals surface area contributed by atoms with Crippen molar-refractivity contribution in [1.82, 2.24) is 4.90 Å². The zero-order chi connectivity index (χ0) is 28.3. The van der Waals surface area contributed by atoms with Gasteiger partial charge in [-0.1, -0.05) is 28.9 Å². The summed E-state index contributed by atoms with van der Waals surface area (Å²) in [6, 6.07) is 8.83. The minimum absolute atomic E-state index is 0.0138. The van der Waals surface area contributed by atoms with Crippen molar-refractivity contribution in [3.63, 3.8) is 0 Å². The van der Waals surface area contributed by atoms with Crippen LogP contribution in [0.4, 0.5) is 0 Å². The zero-order valence-electron chi connectivity index (χ0n) is 22.8. The van der Waals surface area contributed by atoms with E-state index in [1.54, 1.807) is 24.3 Å². The highest BCUT2D eigenvalue weighted by atomic mass is 35.5. The molecule has 2 heterocycles. The second kappa shape index (κ2) is 9.82. The Morgan fingerprint density at radius 2 is 2.02 bits per heavy atom. The van der Waals surface area contributed by atoms with Crippen molar-refractivity contribution in [2.24, 2.45) is 17.0 Å². The number of esters is 1. The Kier molecular flexibility index (Phi) is 6.54. The van der Waals surface area contributed by atoms with Gasteiger partial charge in [0.2, 0.25) is 0 Å². The third kappa shape index (κ3) is 3.82. The van der Waals surface area contributed by atoms with Crippen LogP contribution in [-0.4, -0.2) is 68.4 Å². The van der Waals surface area contributed by atoms with E-state index in [0.29, 0.717) is 46.0 Å². The first-order valence-corrected chi connectivity index (χ1v) is 13.6. The van der Waals surface area contributed by atoms with Crippen LogP contribution in [-0.2, 0) is 35.7 Å². The largest absolute Gasteiger partial charge is 0.504 e. The highest BCUT2D eigenvalue weighted by Crippen LogP contribution is 2.59. The minimum atomic E-state index is -0.886. The average molecular weight is 567 g/mol. The van der Waals surface area contributed by atoms with E-state index >= 15 is 0 Å². The molecule has 9 nitrogen and oxygen atoms in total. The van der Waals surface area contributed by atoms with Gasteiger partial charge in [-0.2, -0.15) is 0 Å². The smallest absolute Gasteiger partial charge is 0.319 e. The van der Waals surface area contributed by atoms with Crippen molar-refractivity contribution in [3.8, 4) is 11.5 Å². The van der Waals surface area contributed by atoms with Crippen molar-refractivity contribution in [3.05, 3.63) is 69.4 Å². The average Bonchev–Trinajstić information content (AvgIpc) is 3.39. The molecule has 0 amide bonds. The molecule has 0 saturated carbocycles. The number of ether oxygens (including phenoxy) is 3. The van der Waals surface area contributed by atoms with Crippen molar-refractivity contribution in [2.75, 3.05) is 34.9 Å². The molecule has 2 bridgehead atoms. The zero-order valence-corrected chi connectivity index (χ0v) is 23.5. The molecule has 10 heteroatoms. The number of ketones is 1. The van der Waals surface area contributed by atoms with Gasteiger partial charge in [0.15, 0.2) is 29.1 Å². The molecule has 1 fully saturated rings. The number of benzene rings is 2. The van der Waals surface area contributed by atoms with Crippen LogP contribution in [0.1, 0.15) is 41.2 Å². The Hall–Kier alpha value is -3.56. The summed E-state index contributed by atoms with van der Waals surface area (Å²) in [7, 11) is 6.40. The number of rotatable bonds is 5. The molecule has 1 N–H and O–H groups in total. The normalized spacial score (nSPS) is 29.0. The molecule has 0 aromatic heterocycles. The number of likely N-dealkylation sites (N-methyl/N-ethyl adjacent to an activating group) is 1. The van der Waals surface area contributed by atoms with Crippen LogP contribution >= 0.6 is 11.6 Å². The van der Waals surface area contributed by atoms with Crippen LogP contribution < -0.4 is 4.74 Å². The number of allylic oxidation sites excluding steroid dienone is 1. The van der Waals surface area contributed by atoms with Crippen molar-refractivity contribution < 1.29 is 33.7 Å². The Bertz CT molecular complexity index is 1470. The standard InChI is InChI=1S/C30H31ClN2O7/c1-33-9-8-30-14-21(34)22(37-2)13-19(30)20(33)11-17-18(12-23(38-3)27(35)25(17)30)28-24(29(36)39-4)26(32-40-28)15-6-5-7-16(31)10-15/h5-7,10,12-13,19-20,24,28,35H,8-9,11,14H2,1-4H3/t19-,20+,24+,28-,30-/m0/s1. The monoisotopic (exact) mass is 566 g/mol. The molecular weight excluding hydrogens is 536 g/mol. The van der Waals surface area contributed by atoms with E-state index in [-0.39, 0.29) is 35.7 Å². The lowest BCUT2D eigenvalue weighted by Crippen LogP contribution is -2.60. The predicted octanol–water partition coefficient (Wildman–Crippen LogP) is 3.94. The molecule has 6 rings (SSSR count). The molecule has 2 aromatic carbocycles. The summed E-state index contributed by atoms with van der Waals surface area (Å²) in [6.45, 7) is 0.767. The second-order valence-corrected chi connectivity index (χ2v) is 11.3. The first kappa shape index (κ1) is 26.7.